The Morgan fingerprint density at radius 1 is 1.24 bits per heavy atom. The standard InChI is InChI=1S/C23H19NO4S/c1-2-11-28-16-10-6-9-15(12-16)17-13-18(25)24-20-19(14-7-4-3-5-8-14)22(23(26)27)29-21(17)20/h2-10,12,17H,1,11,13H2,(H,24,25)(H,26,27). The number of carbonyl (C=O) groups is 2. The van der Waals surface area contributed by atoms with Crippen LogP contribution in [0.25, 0.3) is 11.1 Å². The molecule has 1 aliphatic heterocycles. The summed E-state index contributed by atoms with van der Waals surface area (Å²) in [5.41, 5.74) is 2.85. The summed E-state index contributed by atoms with van der Waals surface area (Å²) in [4.78, 5) is 25.6. The third kappa shape index (κ3) is 3.67. The molecule has 0 aliphatic carbocycles. The number of aromatic carboxylic acids is 1. The van der Waals surface area contributed by atoms with E-state index in [-0.39, 0.29) is 23.1 Å². The van der Waals surface area contributed by atoms with Gasteiger partial charge in [0.05, 0.1) is 5.69 Å². The average molecular weight is 405 g/mol. The van der Waals surface area contributed by atoms with Gasteiger partial charge in [0.25, 0.3) is 0 Å². The second kappa shape index (κ2) is 7.93. The number of ether oxygens (including phenoxy) is 1. The van der Waals surface area contributed by atoms with E-state index in [4.69, 9.17) is 4.74 Å². The largest absolute Gasteiger partial charge is 0.490 e. The molecule has 6 heteroatoms. The highest BCUT2D eigenvalue weighted by Crippen LogP contribution is 2.49. The van der Waals surface area contributed by atoms with Crippen LogP contribution in [-0.4, -0.2) is 23.6 Å². The van der Waals surface area contributed by atoms with E-state index in [9.17, 15) is 14.7 Å². The van der Waals surface area contributed by atoms with E-state index in [1.807, 2.05) is 54.6 Å². The lowest BCUT2D eigenvalue weighted by Crippen LogP contribution is -2.22. The number of fused-ring (bicyclic) bond motifs is 1. The number of hydrogen-bond acceptors (Lipinski definition) is 4. The molecule has 1 amide bonds. The van der Waals surface area contributed by atoms with Crippen LogP contribution in [0.4, 0.5) is 5.69 Å². The highest BCUT2D eigenvalue weighted by Gasteiger charge is 2.34. The minimum atomic E-state index is -1.00. The third-order valence-electron chi connectivity index (χ3n) is 4.79. The highest BCUT2D eigenvalue weighted by molar-refractivity contribution is 7.15. The van der Waals surface area contributed by atoms with Gasteiger partial charge in [-0.15, -0.1) is 11.3 Å². The molecule has 1 aliphatic rings. The predicted octanol–water partition coefficient (Wildman–Crippen LogP) is 5.15. The van der Waals surface area contributed by atoms with Gasteiger partial charge in [-0.25, -0.2) is 4.79 Å². The van der Waals surface area contributed by atoms with Gasteiger partial charge in [-0.2, -0.15) is 0 Å². The molecule has 2 aromatic carbocycles. The fraction of sp³-hybridized carbons (Fsp3) is 0.130. The molecule has 1 unspecified atom stereocenters. The van der Waals surface area contributed by atoms with Crippen molar-refractivity contribution in [2.24, 2.45) is 0 Å². The normalized spacial score (nSPS) is 15.3. The van der Waals surface area contributed by atoms with Gasteiger partial charge < -0.3 is 15.2 Å². The fourth-order valence-corrected chi connectivity index (χ4v) is 4.81. The summed E-state index contributed by atoms with van der Waals surface area (Å²) in [7, 11) is 0. The topological polar surface area (TPSA) is 75.6 Å². The first-order valence-corrected chi connectivity index (χ1v) is 9.99. The third-order valence-corrected chi connectivity index (χ3v) is 6.08. The first-order valence-electron chi connectivity index (χ1n) is 9.17. The molecule has 2 N–H and O–H groups in total. The number of thiophene rings is 1. The van der Waals surface area contributed by atoms with Crippen molar-refractivity contribution >= 4 is 28.9 Å². The molecule has 0 bridgehead atoms. The zero-order valence-electron chi connectivity index (χ0n) is 15.6. The molecule has 1 aromatic heterocycles. The second-order valence-corrected chi connectivity index (χ2v) is 7.75. The van der Waals surface area contributed by atoms with E-state index in [1.54, 1.807) is 6.08 Å². The van der Waals surface area contributed by atoms with Crippen LogP contribution in [0.1, 0.15) is 32.5 Å². The van der Waals surface area contributed by atoms with Crippen molar-refractivity contribution in [3.63, 3.8) is 0 Å². The number of carbonyl (C=O) groups excluding carboxylic acids is 1. The lowest BCUT2D eigenvalue weighted by atomic mass is 9.88. The van der Waals surface area contributed by atoms with E-state index >= 15 is 0 Å². The first kappa shape index (κ1) is 19.0. The Hall–Kier alpha value is -3.38. The number of nitrogens with one attached hydrogen (secondary N) is 1. The maximum absolute atomic E-state index is 12.5. The van der Waals surface area contributed by atoms with Crippen LogP contribution in [-0.2, 0) is 4.79 Å². The van der Waals surface area contributed by atoms with Gasteiger partial charge in [0.15, 0.2) is 0 Å². The molecule has 3 aromatic rings. The molecule has 0 saturated heterocycles. The van der Waals surface area contributed by atoms with E-state index in [0.717, 1.165) is 16.0 Å². The van der Waals surface area contributed by atoms with Crippen LogP contribution in [0.15, 0.2) is 67.3 Å². The zero-order chi connectivity index (χ0) is 20.4. The predicted molar refractivity (Wildman–Crippen MR) is 114 cm³/mol. The van der Waals surface area contributed by atoms with Gasteiger partial charge >= 0.3 is 5.97 Å². The van der Waals surface area contributed by atoms with E-state index in [2.05, 4.69) is 11.9 Å². The average Bonchev–Trinajstić information content (AvgIpc) is 3.12. The molecular formula is C23H19NO4S. The number of amides is 1. The van der Waals surface area contributed by atoms with Crippen molar-refractivity contribution in [3.05, 3.63) is 82.6 Å². The Kier molecular flexibility index (Phi) is 5.18. The number of carboxylic acid groups (broad SMARTS) is 1. The molecule has 0 spiro atoms. The zero-order valence-corrected chi connectivity index (χ0v) is 16.4. The lowest BCUT2D eigenvalue weighted by Gasteiger charge is -2.24. The second-order valence-electron chi connectivity index (χ2n) is 6.69. The molecule has 146 valence electrons. The van der Waals surface area contributed by atoms with Crippen molar-refractivity contribution in [2.75, 3.05) is 11.9 Å². The smallest absolute Gasteiger partial charge is 0.346 e. The van der Waals surface area contributed by atoms with Crippen molar-refractivity contribution < 1.29 is 19.4 Å². The Morgan fingerprint density at radius 3 is 2.76 bits per heavy atom. The van der Waals surface area contributed by atoms with Crippen LogP contribution in [0, 0.1) is 0 Å². The molecule has 5 nitrogen and oxygen atoms in total. The Morgan fingerprint density at radius 2 is 2.03 bits per heavy atom. The van der Waals surface area contributed by atoms with Crippen molar-refractivity contribution in [1.82, 2.24) is 0 Å². The van der Waals surface area contributed by atoms with E-state index < -0.39 is 5.97 Å². The lowest BCUT2D eigenvalue weighted by molar-refractivity contribution is -0.116. The van der Waals surface area contributed by atoms with Crippen LogP contribution >= 0.6 is 11.3 Å². The SMILES string of the molecule is C=CCOc1cccc(C2CC(=O)Nc3c2sc(C(=O)O)c3-c2ccccc2)c1. The molecule has 0 radical (unpaired) electrons. The molecule has 29 heavy (non-hydrogen) atoms. The summed E-state index contributed by atoms with van der Waals surface area (Å²) >= 11 is 1.22. The van der Waals surface area contributed by atoms with E-state index in [0.29, 0.717) is 23.6 Å². The van der Waals surface area contributed by atoms with Gasteiger partial charge in [-0.05, 0) is 23.3 Å². The van der Waals surface area contributed by atoms with Gasteiger partial charge in [-0.1, -0.05) is 55.1 Å². The van der Waals surface area contributed by atoms with Crippen LogP contribution in [0.3, 0.4) is 0 Å². The first-order chi connectivity index (χ1) is 14.1. The number of anilines is 1. The summed E-state index contributed by atoms with van der Waals surface area (Å²) in [5.74, 6) is -0.675. The monoisotopic (exact) mass is 405 g/mol. The molecule has 2 heterocycles. The number of hydrogen-bond donors (Lipinski definition) is 2. The molecule has 4 rings (SSSR count). The quantitative estimate of drug-likeness (QED) is 0.556. The molecule has 0 saturated carbocycles. The summed E-state index contributed by atoms with van der Waals surface area (Å²) in [6.07, 6.45) is 1.93. The highest BCUT2D eigenvalue weighted by atomic mass is 32.1. The molecular weight excluding hydrogens is 386 g/mol. The summed E-state index contributed by atoms with van der Waals surface area (Å²) in [5, 5.41) is 12.7. The van der Waals surface area contributed by atoms with Crippen LogP contribution in [0.5, 0.6) is 5.75 Å². The summed E-state index contributed by atoms with van der Waals surface area (Å²) in [6.45, 7) is 4.04. The number of rotatable bonds is 6. The van der Waals surface area contributed by atoms with Crippen molar-refractivity contribution in [3.8, 4) is 16.9 Å². The molecule has 1 atom stereocenters. The van der Waals surface area contributed by atoms with Crippen molar-refractivity contribution in [1.29, 1.82) is 0 Å². The number of benzene rings is 2. The summed E-state index contributed by atoms with van der Waals surface area (Å²) in [6, 6.07) is 16.9. The van der Waals surface area contributed by atoms with Crippen LogP contribution in [0.2, 0.25) is 0 Å². The minimum absolute atomic E-state index is 0.133. The maximum Gasteiger partial charge on any atom is 0.346 e. The van der Waals surface area contributed by atoms with Crippen molar-refractivity contribution in [2.45, 2.75) is 12.3 Å². The molecule has 0 fully saturated rings. The number of carboxylic acids is 1. The maximum atomic E-state index is 12.5. The van der Waals surface area contributed by atoms with Gasteiger partial charge in [0, 0.05) is 22.8 Å². The fourth-order valence-electron chi connectivity index (χ4n) is 3.56. The Labute approximate surface area is 172 Å². The van der Waals surface area contributed by atoms with Gasteiger partial charge in [0.2, 0.25) is 5.91 Å². The summed E-state index contributed by atoms with van der Waals surface area (Å²) < 4.78 is 5.63. The van der Waals surface area contributed by atoms with Crippen LogP contribution < -0.4 is 10.1 Å². The van der Waals surface area contributed by atoms with Gasteiger partial charge in [-0.3, -0.25) is 4.79 Å². The van der Waals surface area contributed by atoms with Gasteiger partial charge in [0.1, 0.15) is 17.2 Å². The minimum Gasteiger partial charge on any atom is -0.490 e. The van der Waals surface area contributed by atoms with E-state index in [1.165, 1.54) is 11.3 Å². The Bertz CT molecular complexity index is 1090. The Balaban J connectivity index is 1.85.